The minimum atomic E-state index is -0.588. The number of H-pyrrole nitrogens is 1. The average molecular weight is 288 g/mol. The Kier molecular flexibility index (Phi) is 3.91. The third-order valence-electron chi connectivity index (χ3n) is 2.11. The van der Waals surface area contributed by atoms with E-state index in [1.165, 1.54) is 0 Å². The van der Waals surface area contributed by atoms with E-state index in [1.54, 1.807) is 27.7 Å². The summed E-state index contributed by atoms with van der Waals surface area (Å²) in [6.45, 7) is 6.95. The van der Waals surface area contributed by atoms with Gasteiger partial charge in [-0.15, -0.1) is 0 Å². The van der Waals surface area contributed by atoms with Gasteiger partial charge in [0, 0.05) is 10.2 Å². The summed E-state index contributed by atoms with van der Waals surface area (Å²) in [7, 11) is 0. The number of hydrogen-bond donors (Lipinski definition) is 1. The number of halogens is 1. The zero-order chi connectivity index (χ0) is 12.5. The smallest absolute Gasteiger partial charge is 0.344 e. The molecule has 0 saturated carbocycles. The fourth-order valence-electron chi connectivity index (χ4n) is 1.37. The van der Waals surface area contributed by atoms with Crippen LogP contribution in [0, 0.1) is 13.8 Å². The molecule has 1 aromatic rings. The third kappa shape index (κ3) is 2.52. The van der Waals surface area contributed by atoms with Crippen molar-refractivity contribution in [3.05, 3.63) is 31.6 Å². The zero-order valence-electron chi connectivity index (χ0n) is 9.68. The summed E-state index contributed by atoms with van der Waals surface area (Å²) >= 11 is 3.32. The van der Waals surface area contributed by atoms with Crippen LogP contribution in [0.1, 0.15) is 35.5 Å². The third-order valence-corrected chi connectivity index (χ3v) is 3.30. The molecule has 0 radical (unpaired) electrons. The molecule has 0 aliphatic rings. The summed E-state index contributed by atoms with van der Waals surface area (Å²) in [5.74, 6) is -0.588. The highest BCUT2D eigenvalue weighted by atomic mass is 79.9. The van der Waals surface area contributed by atoms with Gasteiger partial charge < -0.3 is 9.72 Å². The molecule has 0 amide bonds. The second-order valence-electron chi connectivity index (χ2n) is 3.85. The molecule has 1 aromatic heterocycles. The molecule has 0 aliphatic heterocycles. The van der Waals surface area contributed by atoms with Crippen molar-refractivity contribution in [2.75, 3.05) is 0 Å². The monoisotopic (exact) mass is 287 g/mol. The molecule has 1 rings (SSSR count). The molecule has 0 atom stereocenters. The van der Waals surface area contributed by atoms with Crippen molar-refractivity contribution in [3.8, 4) is 0 Å². The minimum absolute atomic E-state index is 0.0613. The second-order valence-corrected chi connectivity index (χ2v) is 4.64. The Labute approximate surface area is 102 Å². The summed E-state index contributed by atoms with van der Waals surface area (Å²) in [6.07, 6.45) is -0.244. The molecule has 16 heavy (non-hydrogen) atoms. The van der Waals surface area contributed by atoms with E-state index in [4.69, 9.17) is 4.74 Å². The Morgan fingerprint density at radius 3 is 2.44 bits per heavy atom. The van der Waals surface area contributed by atoms with Crippen molar-refractivity contribution in [2.24, 2.45) is 0 Å². The number of pyridine rings is 1. The van der Waals surface area contributed by atoms with Gasteiger partial charge in [-0.1, -0.05) is 0 Å². The van der Waals surface area contributed by atoms with Crippen LogP contribution in [0.15, 0.2) is 9.27 Å². The topological polar surface area (TPSA) is 59.2 Å². The number of aromatic amines is 1. The van der Waals surface area contributed by atoms with Gasteiger partial charge in [0.15, 0.2) is 0 Å². The maximum Gasteiger partial charge on any atom is 0.344 e. The number of ether oxygens (including phenoxy) is 1. The molecular weight excluding hydrogens is 274 g/mol. The molecule has 5 heteroatoms. The minimum Gasteiger partial charge on any atom is -0.459 e. The van der Waals surface area contributed by atoms with E-state index in [-0.39, 0.29) is 11.7 Å². The van der Waals surface area contributed by atoms with Crippen LogP contribution >= 0.6 is 15.9 Å². The van der Waals surface area contributed by atoms with Gasteiger partial charge >= 0.3 is 5.97 Å². The number of aromatic nitrogens is 1. The Hall–Kier alpha value is -1.10. The van der Waals surface area contributed by atoms with Gasteiger partial charge in [-0.05, 0) is 49.2 Å². The normalized spacial score (nSPS) is 10.6. The Bertz CT molecular complexity index is 477. The number of esters is 1. The molecule has 0 bridgehead atoms. The largest absolute Gasteiger partial charge is 0.459 e. The summed E-state index contributed by atoms with van der Waals surface area (Å²) < 4.78 is 5.74. The van der Waals surface area contributed by atoms with E-state index in [0.717, 1.165) is 4.47 Å². The standard InChI is InChI=1S/C11H14BrNO3/c1-5(2)16-11(15)8-6(3)9(12)7(4)13-10(8)14/h5H,1-4H3,(H,13,14). The molecule has 1 N–H and O–H groups in total. The maximum absolute atomic E-state index is 11.7. The fraction of sp³-hybridized carbons (Fsp3) is 0.455. The van der Waals surface area contributed by atoms with E-state index in [9.17, 15) is 9.59 Å². The molecule has 0 spiro atoms. The van der Waals surface area contributed by atoms with Crippen LogP contribution in [-0.4, -0.2) is 17.1 Å². The first-order valence-corrected chi connectivity index (χ1v) is 5.73. The first-order chi connectivity index (χ1) is 7.34. The highest BCUT2D eigenvalue weighted by molar-refractivity contribution is 9.10. The molecular formula is C11H14BrNO3. The summed E-state index contributed by atoms with van der Waals surface area (Å²) in [5, 5.41) is 0. The molecule has 0 aliphatic carbocycles. The highest BCUT2D eigenvalue weighted by Gasteiger charge is 2.19. The van der Waals surface area contributed by atoms with E-state index < -0.39 is 11.5 Å². The number of carbonyl (C=O) groups is 1. The van der Waals surface area contributed by atoms with Crippen LogP contribution in [0.2, 0.25) is 0 Å². The van der Waals surface area contributed by atoms with Crippen LogP contribution in [-0.2, 0) is 4.74 Å². The van der Waals surface area contributed by atoms with E-state index in [2.05, 4.69) is 20.9 Å². The van der Waals surface area contributed by atoms with Gasteiger partial charge in [-0.2, -0.15) is 0 Å². The number of aryl methyl sites for hydroxylation is 1. The van der Waals surface area contributed by atoms with Gasteiger partial charge in [0.2, 0.25) is 0 Å². The Morgan fingerprint density at radius 1 is 1.38 bits per heavy atom. The fourth-order valence-corrected chi connectivity index (χ4v) is 1.67. The zero-order valence-corrected chi connectivity index (χ0v) is 11.3. The summed E-state index contributed by atoms with van der Waals surface area (Å²) in [5.41, 5.74) is 0.950. The molecule has 1 heterocycles. The molecule has 0 unspecified atom stereocenters. The van der Waals surface area contributed by atoms with Crippen LogP contribution in [0.25, 0.3) is 0 Å². The Morgan fingerprint density at radius 2 is 1.94 bits per heavy atom. The van der Waals surface area contributed by atoms with Gasteiger partial charge in [-0.3, -0.25) is 4.79 Å². The van der Waals surface area contributed by atoms with Gasteiger partial charge in [0.25, 0.3) is 5.56 Å². The maximum atomic E-state index is 11.7. The number of carbonyl (C=O) groups excluding carboxylic acids is 1. The lowest BCUT2D eigenvalue weighted by atomic mass is 10.1. The van der Waals surface area contributed by atoms with Crippen LogP contribution < -0.4 is 5.56 Å². The second kappa shape index (κ2) is 4.82. The first kappa shape index (κ1) is 13.0. The number of hydrogen-bond acceptors (Lipinski definition) is 3. The molecule has 88 valence electrons. The Balaban J connectivity index is 3.29. The molecule has 0 saturated heterocycles. The number of nitrogens with one attached hydrogen (secondary N) is 1. The quantitative estimate of drug-likeness (QED) is 0.850. The first-order valence-electron chi connectivity index (χ1n) is 4.94. The highest BCUT2D eigenvalue weighted by Crippen LogP contribution is 2.20. The lowest BCUT2D eigenvalue weighted by Gasteiger charge is -2.11. The van der Waals surface area contributed by atoms with Crippen molar-refractivity contribution in [3.63, 3.8) is 0 Å². The van der Waals surface area contributed by atoms with Gasteiger partial charge in [0.05, 0.1) is 6.10 Å². The number of rotatable bonds is 2. The summed E-state index contributed by atoms with van der Waals surface area (Å²) in [6, 6.07) is 0. The molecule has 0 aromatic carbocycles. The van der Waals surface area contributed by atoms with Crippen LogP contribution in [0.4, 0.5) is 0 Å². The average Bonchev–Trinajstić information content (AvgIpc) is 2.13. The summed E-state index contributed by atoms with van der Waals surface area (Å²) in [4.78, 5) is 26.0. The van der Waals surface area contributed by atoms with Crippen molar-refractivity contribution in [1.82, 2.24) is 4.98 Å². The van der Waals surface area contributed by atoms with E-state index in [1.807, 2.05) is 0 Å². The van der Waals surface area contributed by atoms with E-state index in [0.29, 0.717) is 11.3 Å². The van der Waals surface area contributed by atoms with Crippen molar-refractivity contribution >= 4 is 21.9 Å². The molecule has 4 nitrogen and oxygen atoms in total. The van der Waals surface area contributed by atoms with Crippen LogP contribution in [0.3, 0.4) is 0 Å². The van der Waals surface area contributed by atoms with Crippen molar-refractivity contribution in [2.45, 2.75) is 33.8 Å². The SMILES string of the molecule is Cc1[nH]c(=O)c(C(=O)OC(C)C)c(C)c1Br. The lowest BCUT2D eigenvalue weighted by molar-refractivity contribution is 0.0375. The lowest BCUT2D eigenvalue weighted by Crippen LogP contribution is -2.24. The predicted octanol–water partition coefficient (Wildman–Crippen LogP) is 2.32. The van der Waals surface area contributed by atoms with Gasteiger partial charge in [0.1, 0.15) is 5.56 Å². The van der Waals surface area contributed by atoms with Crippen molar-refractivity contribution in [1.29, 1.82) is 0 Å². The van der Waals surface area contributed by atoms with Gasteiger partial charge in [-0.25, -0.2) is 4.79 Å². The van der Waals surface area contributed by atoms with Crippen molar-refractivity contribution < 1.29 is 9.53 Å². The molecule has 0 fully saturated rings. The van der Waals surface area contributed by atoms with E-state index >= 15 is 0 Å². The predicted molar refractivity (Wildman–Crippen MR) is 64.8 cm³/mol. The van der Waals surface area contributed by atoms with Crippen LogP contribution in [0.5, 0.6) is 0 Å².